The van der Waals surface area contributed by atoms with Crippen LogP contribution in [0.5, 0.6) is 5.75 Å². The number of hydrogen-bond acceptors (Lipinski definition) is 2. The fourth-order valence-corrected chi connectivity index (χ4v) is 5.28. The minimum absolute atomic E-state index is 0.150. The molecule has 0 unspecified atom stereocenters. The van der Waals surface area contributed by atoms with E-state index >= 15 is 0 Å². The lowest BCUT2D eigenvalue weighted by molar-refractivity contribution is -0.284. The molecule has 0 saturated heterocycles. The van der Waals surface area contributed by atoms with Crippen molar-refractivity contribution >= 4 is 22.9 Å². The van der Waals surface area contributed by atoms with Crippen LogP contribution in [0.4, 0.5) is 22.0 Å². The highest BCUT2D eigenvalue weighted by Gasteiger charge is 2.56. The predicted molar refractivity (Wildman–Crippen MR) is 152 cm³/mol. The third-order valence-electron chi connectivity index (χ3n) is 6.38. The van der Waals surface area contributed by atoms with Crippen LogP contribution in [0, 0.1) is 0 Å². The standard InChI is InChI=1S/C32H35F5OS/c1-2-29(25-13-6-3-7-14-25)30(26-15-8-4-9-16-26)27-17-19-28(20-18-27)38-22-10-5-11-23-39-24-12-21-31(33,34)32(35,36)37/h3-4,6-9,13-20H,2,5,10-12,21-24H2,1H3. The summed E-state index contributed by atoms with van der Waals surface area (Å²) in [5.41, 5.74) is 5.98. The molecule has 0 amide bonds. The van der Waals surface area contributed by atoms with Crippen LogP contribution in [0.1, 0.15) is 62.1 Å². The molecule has 0 spiro atoms. The van der Waals surface area contributed by atoms with E-state index in [0.29, 0.717) is 12.4 Å². The molecule has 0 saturated carbocycles. The van der Waals surface area contributed by atoms with Gasteiger partial charge in [-0.3, -0.25) is 0 Å². The molecule has 7 heteroatoms. The number of halogens is 5. The van der Waals surface area contributed by atoms with Gasteiger partial charge in [-0.25, -0.2) is 0 Å². The molecular weight excluding hydrogens is 527 g/mol. The molecule has 0 aliphatic carbocycles. The van der Waals surface area contributed by atoms with Crippen molar-refractivity contribution in [3.05, 3.63) is 102 Å². The number of ether oxygens (including phenoxy) is 1. The van der Waals surface area contributed by atoms with Gasteiger partial charge in [0.1, 0.15) is 5.75 Å². The van der Waals surface area contributed by atoms with E-state index in [0.717, 1.165) is 42.7 Å². The second-order valence-electron chi connectivity index (χ2n) is 9.29. The van der Waals surface area contributed by atoms with Crippen LogP contribution in [0.25, 0.3) is 11.1 Å². The van der Waals surface area contributed by atoms with Crippen molar-refractivity contribution in [1.82, 2.24) is 0 Å². The second kappa shape index (κ2) is 15.1. The van der Waals surface area contributed by atoms with Gasteiger partial charge in [0.25, 0.3) is 0 Å². The van der Waals surface area contributed by atoms with Gasteiger partial charge in [0.2, 0.25) is 0 Å². The van der Waals surface area contributed by atoms with Gasteiger partial charge in [0, 0.05) is 6.42 Å². The molecule has 0 radical (unpaired) electrons. The number of rotatable bonds is 15. The Labute approximate surface area is 232 Å². The van der Waals surface area contributed by atoms with Gasteiger partial charge in [0.05, 0.1) is 6.61 Å². The maximum atomic E-state index is 12.9. The Kier molecular flexibility index (Phi) is 11.9. The Balaban J connectivity index is 1.47. The van der Waals surface area contributed by atoms with Crippen molar-refractivity contribution in [2.75, 3.05) is 18.1 Å². The van der Waals surface area contributed by atoms with Crippen molar-refractivity contribution in [2.24, 2.45) is 0 Å². The van der Waals surface area contributed by atoms with Gasteiger partial charge in [-0.15, -0.1) is 0 Å². The fourth-order valence-electron chi connectivity index (χ4n) is 4.32. The summed E-state index contributed by atoms with van der Waals surface area (Å²) in [6.45, 7) is 2.74. The maximum Gasteiger partial charge on any atom is 0.453 e. The highest BCUT2D eigenvalue weighted by atomic mass is 32.2. The van der Waals surface area contributed by atoms with Crippen LogP contribution in [-0.2, 0) is 0 Å². The van der Waals surface area contributed by atoms with E-state index in [1.165, 1.54) is 34.0 Å². The van der Waals surface area contributed by atoms with E-state index in [4.69, 9.17) is 4.74 Å². The van der Waals surface area contributed by atoms with Crippen LogP contribution in [0.3, 0.4) is 0 Å². The summed E-state index contributed by atoms with van der Waals surface area (Å²) in [6.07, 6.45) is -3.25. The molecule has 0 aliphatic heterocycles. The molecule has 0 bridgehead atoms. The van der Waals surface area contributed by atoms with Gasteiger partial charge < -0.3 is 4.74 Å². The van der Waals surface area contributed by atoms with Crippen LogP contribution in [-0.4, -0.2) is 30.2 Å². The quantitative estimate of drug-likeness (QED) is 0.104. The number of unbranched alkanes of at least 4 members (excludes halogenated alkanes) is 2. The van der Waals surface area contributed by atoms with E-state index < -0.39 is 18.5 Å². The zero-order valence-electron chi connectivity index (χ0n) is 22.2. The minimum atomic E-state index is -5.46. The predicted octanol–water partition coefficient (Wildman–Crippen LogP) is 10.3. The van der Waals surface area contributed by atoms with Crippen LogP contribution >= 0.6 is 11.8 Å². The molecule has 0 atom stereocenters. The van der Waals surface area contributed by atoms with E-state index in [9.17, 15) is 22.0 Å². The van der Waals surface area contributed by atoms with Crippen molar-refractivity contribution in [1.29, 1.82) is 0 Å². The summed E-state index contributed by atoms with van der Waals surface area (Å²) in [4.78, 5) is 0. The number of alkyl halides is 5. The SMILES string of the molecule is CCC(=C(c1ccccc1)c1ccc(OCCCCCSCCCC(F)(F)C(F)(F)F)cc1)c1ccccc1. The first-order valence-corrected chi connectivity index (χ1v) is 14.5. The summed E-state index contributed by atoms with van der Waals surface area (Å²) >= 11 is 1.42. The zero-order chi connectivity index (χ0) is 28.1. The lowest BCUT2D eigenvalue weighted by atomic mass is 9.88. The minimum Gasteiger partial charge on any atom is -0.494 e. The van der Waals surface area contributed by atoms with Gasteiger partial charge in [-0.05, 0) is 83.6 Å². The van der Waals surface area contributed by atoms with Gasteiger partial charge >= 0.3 is 12.1 Å². The van der Waals surface area contributed by atoms with Crippen molar-refractivity contribution in [2.45, 2.75) is 57.5 Å². The molecule has 0 aliphatic rings. The molecule has 0 heterocycles. The molecule has 0 fully saturated rings. The lowest BCUT2D eigenvalue weighted by Gasteiger charge is -2.19. The first-order valence-electron chi connectivity index (χ1n) is 13.3. The fraction of sp³-hybridized carbons (Fsp3) is 0.375. The average Bonchev–Trinajstić information content (AvgIpc) is 2.93. The Hall–Kier alpha value is -2.80. The third-order valence-corrected chi connectivity index (χ3v) is 7.53. The molecule has 3 aromatic carbocycles. The Bertz CT molecular complexity index is 1140. The first kappa shape index (κ1) is 30.7. The Morgan fingerprint density at radius 3 is 1.82 bits per heavy atom. The summed E-state index contributed by atoms with van der Waals surface area (Å²) in [5.74, 6) is -2.76. The van der Waals surface area contributed by atoms with Crippen LogP contribution in [0.2, 0.25) is 0 Å². The molecule has 39 heavy (non-hydrogen) atoms. The summed E-state index contributed by atoms with van der Waals surface area (Å²) in [7, 11) is 0. The lowest BCUT2D eigenvalue weighted by Crippen LogP contribution is -2.36. The summed E-state index contributed by atoms with van der Waals surface area (Å²) in [6, 6.07) is 29.0. The van der Waals surface area contributed by atoms with Crippen LogP contribution < -0.4 is 4.74 Å². The number of thioether (sulfide) groups is 1. The molecule has 1 nitrogen and oxygen atoms in total. The smallest absolute Gasteiger partial charge is 0.453 e. The van der Waals surface area contributed by atoms with Crippen LogP contribution in [0.15, 0.2) is 84.9 Å². The van der Waals surface area contributed by atoms with Gasteiger partial charge in [-0.2, -0.15) is 33.7 Å². The molecule has 0 N–H and O–H groups in total. The van der Waals surface area contributed by atoms with Gasteiger partial charge in [0.15, 0.2) is 0 Å². The second-order valence-corrected chi connectivity index (χ2v) is 10.5. The Morgan fingerprint density at radius 2 is 1.23 bits per heavy atom. The van der Waals surface area contributed by atoms with Gasteiger partial charge in [-0.1, -0.05) is 79.7 Å². The molecule has 210 valence electrons. The third kappa shape index (κ3) is 9.41. The monoisotopic (exact) mass is 562 g/mol. The van der Waals surface area contributed by atoms with Crippen molar-refractivity contribution in [3.63, 3.8) is 0 Å². The molecule has 0 aromatic heterocycles. The highest BCUT2D eigenvalue weighted by Crippen LogP contribution is 2.39. The van der Waals surface area contributed by atoms with E-state index in [2.05, 4.69) is 67.6 Å². The molecule has 3 rings (SSSR count). The maximum absolute atomic E-state index is 12.9. The van der Waals surface area contributed by atoms with Crippen molar-refractivity contribution < 1.29 is 26.7 Å². The van der Waals surface area contributed by atoms with E-state index in [-0.39, 0.29) is 6.42 Å². The zero-order valence-corrected chi connectivity index (χ0v) is 23.0. The van der Waals surface area contributed by atoms with Crippen molar-refractivity contribution in [3.8, 4) is 5.75 Å². The average molecular weight is 563 g/mol. The number of hydrogen-bond donors (Lipinski definition) is 0. The van der Waals surface area contributed by atoms with E-state index in [1.54, 1.807) is 0 Å². The first-order chi connectivity index (χ1) is 18.7. The number of benzene rings is 3. The van der Waals surface area contributed by atoms with E-state index in [1.807, 2.05) is 24.3 Å². The Morgan fingerprint density at radius 1 is 0.667 bits per heavy atom. The highest BCUT2D eigenvalue weighted by molar-refractivity contribution is 7.99. The molecule has 3 aromatic rings. The largest absolute Gasteiger partial charge is 0.494 e. The normalized spacial score (nSPS) is 12.8. The number of allylic oxidation sites excluding steroid dienone is 1. The topological polar surface area (TPSA) is 9.23 Å². The molecular formula is C32H35F5OS. The summed E-state index contributed by atoms with van der Waals surface area (Å²) < 4.78 is 68.2. The summed E-state index contributed by atoms with van der Waals surface area (Å²) in [5, 5.41) is 0.